The van der Waals surface area contributed by atoms with E-state index in [4.69, 9.17) is 4.74 Å². The van der Waals surface area contributed by atoms with Crippen LogP contribution in [0.3, 0.4) is 0 Å². The second kappa shape index (κ2) is 13.6. The second-order valence-corrected chi connectivity index (χ2v) is 5.49. The maximum absolute atomic E-state index is 5.06. The molecular formula is C17H31IN4O. The molecule has 5 nitrogen and oxygen atoms in total. The van der Waals surface area contributed by atoms with E-state index < -0.39 is 0 Å². The molecule has 0 spiro atoms. The second-order valence-electron chi connectivity index (χ2n) is 5.49. The molecule has 0 bridgehead atoms. The van der Waals surface area contributed by atoms with Gasteiger partial charge in [-0.3, -0.25) is 4.99 Å². The van der Waals surface area contributed by atoms with Crippen LogP contribution in [0.15, 0.2) is 29.3 Å². The smallest absolute Gasteiger partial charge is 0.191 e. The van der Waals surface area contributed by atoms with Crippen LogP contribution in [0.25, 0.3) is 0 Å². The van der Waals surface area contributed by atoms with E-state index in [2.05, 4.69) is 58.8 Å². The molecular weight excluding hydrogens is 403 g/mol. The highest BCUT2D eigenvalue weighted by molar-refractivity contribution is 14.0. The van der Waals surface area contributed by atoms with Gasteiger partial charge in [0.05, 0.1) is 0 Å². The fourth-order valence-corrected chi connectivity index (χ4v) is 2.07. The highest BCUT2D eigenvalue weighted by Crippen LogP contribution is 2.02. The Morgan fingerprint density at radius 2 is 1.87 bits per heavy atom. The van der Waals surface area contributed by atoms with E-state index in [-0.39, 0.29) is 24.0 Å². The van der Waals surface area contributed by atoms with Gasteiger partial charge in [0.15, 0.2) is 5.96 Å². The van der Waals surface area contributed by atoms with Crippen LogP contribution in [0.5, 0.6) is 0 Å². The summed E-state index contributed by atoms with van der Waals surface area (Å²) in [5, 5.41) is 6.67. The number of aliphatic imine (C=N–C) groups is 1. The first-order valence-corrected chi connectivity index (χ1v) is 7.83. The number of nitrogens with one attached hydrogen (secondary N) is 2. The largest absolute Gasteiger partial charge is 0.385 e. The van der Waals surface area contributed by atoms with Gasteiger partial charge in [-0.2, -0.15) is 0 Å². The number of aryl methyl sites for hydroxylation is 1. The number of hydrogen-bond donors (Lipinski definition) is 2. The molecule has 0 radical (unpaired) electrons. The zero-order chi connectivity index (χ0) is 16.2. The van der Waals surface area contributed by atoms with Crippen LogP contribution in [0.2, 0.25) is 0 Å². The normalized spacial score (nSPS) is 11.3. The van der Waals surface area contributed by atoms with Crippen LogP contribution >= 0.6 is 24.0 Å². The number of hydrogen-bond acceptors (Lipinski definition) is 3. The van der Waals surface area contributed by atoms with Gasteiger partial charge in [-0.15, -0.1) is 24.0 Å². The summed E-state index contributed by atoms with van der Waals surface area (Å²) in [5.41, 5.74) is 2.54. The van der Waals surface area contributed by atoms with Crippen LogP contribution in [-0.2, 0) is 11.3 Å². The third-order valence-electron chi connectivity index (χ3n) is 3.48. The van der Waals surface area contributed by atoms with E-state index in [9.17, 15) is 0 Å². The fraction of sp³-hybridized carbons (Fsp3) is 0.588. The molecule has 2 N–H and O–H groups in total. The molecule has 0 saturated carbocycles. The number of likely N-dealkylation sites (N-methyl/N-ethyl adjacent to an activating group) is 1. The molecule has 1 aromatic rings. The van der Waals surface area contributed by atoms with Crippen molar-refractivity contribution in [3.05, 3.63) is 35.4 Å². The molecule has 6 heteroatoms. The topological polar surface area (TPSA) is 48.9 Å². The molecule has 0 amide bonds. The quantitative estimate of drug-likeness (QED) is 0.271. The van der Waals surface area contributed by atoms with Crippen molar-refractivity contribution in [3.8, 4) is 0 Å². The van der Waals surface area contributed by atoms with Crippen LogP contribution in [0.1, 0.15) is 17.5 Å². The van der Waals surface area contributed by atoms with Crippen LogP contribution in [0.4, 0.5) is 0 Å². The van der Waals surface area contributed by atoms with Gasteiger partial charge in [0.1, 0.15) is 0 Å². The molecule has 0 aliphatic carbocycles. The summed E-state index contributed by atoms with van der Waals surface area (Å²) < 4.78 is 5.06. The summed E-state index contributed by atoms with van der Waals surface area (Å²) in [4.78, 5) is 6.54. The van der Waals surface area contributed by atoms with Crippen molar-refractivity contribution in [2.24, 2.45) is 4.99 Å². The number of guanidine groups is 1. The predicted molar refractivity (Wildman–Crippen MR) is 109 cm³/mol. The van der Waals surface area contributed by atoms with E-state index in [1.807, 2.05) is 0 Å². The summed E-state index contributed by atoms with van der Waals surface area (Å²) in [6.07, 6.45) is 1.06. The average molecular weight is 434 g/mol. The van der Waals surface area contributed by atoms with E-state index >= 15 is 0 Å². The Hall–Kier alpha value is -0.860. The summed E-state index contributed by atoms with van der Waals surface area (Å²) in [6.45, 7) is 6.60. The number of ether oxygens (including phenoxy) is 1. The van der Waals surface area contributed by atoms with Crippen LogP contribution in [0, 0.1) is 6.92 Å². The SMILES string of the molecule is CN=C(NCCN(C)CCCOC)NCc1ccc(C)cc1.I. The zero-order valence-corrected chi connectivity index (χ0v) is 17.1. The summed E-state index contributed by atoms with van der Waals surface area (Å²) in [7, 11) is 5.66. The van der Waals surface area contributed by atoms with Crippen molar-refractivity contribution in [1.29, 1.82) is 0 Å². The summed E-state index contributed by atoms with van der Waals surface area (Å²) in [6, 6.07) is 8.53. The Balaban J connectivity index is 0.00000484. The minimum atomic E-state index is 0. The minimum Gasteiger partial charge on any atom is -0.385 e. The first kappa shape index (κ1) is 22.1. The summed E-state index contributed by atoms with van der Waals surface area (Å²) in [5.74, 6) is 0.839. The Kier molecular flexibility index (Phi) is 13.1. The van der Waals surface area contributed by atoms with Crippen molar-refractivity contribution >= 4 is 29.9 Å². The summed E-state index contributed by atoms with van der Waals surface area (Å²) >= 11 is 0. The molecule has 0 fully saturated rings. The lowest BCUT2D eigenvalue weighted by atomic mass is 10.1. The third-order valence-corrected chi connectivity index (χ3v) is 3.48. The van der Waals surface area contributed by atoms with Gasteiger partial charge >= 0.3 is 0 Å². The number of benzene rings is 1. The van der Waals surface area contributed by atoms with Gasteiger partial charge in [-0.05, 0) is 26.0 Å². The van der Waals surface area contributed by atoms with E-state index in [1.54, 1.807) is 14.2 Å². The molecule has 1 aromatic carbocycles. The van der Waals surface area contributed by atoms with Gasteiger partial charge in [0.2, 0.25) is 0 Å². The van der Waals surface area contributed by atoms with Gasteiger partial charge in [-0.25, -0.2) is 0 Å². The lowest BCUT2D eigenvalue weighted by Gasteiger charge is -2.18. The zero-order valence-electron chi connectivity index (χ0n) is 14.8. The molecule has 0 saturated heterocycles. The van der Waals surface area contributed by atoms with Gasteiger partial charge in [-0.1, -0.05) is 29.8 Å². The molecule has 1 rings (SSSR count). The lowest BCUT2D eigenvalue weighted by Crippen LogP contribution is -2.40. The number of halogens is 1. The Morgan fingerprint density at radius 1 is 1.17 bits per heavy atom. The van der Waals surface area contributed by atoms with Crippen LogP contribution in [-0.4, -0.2) is 58.3 Å². The number of methoxy groups -OCH3 is 1. The molecule has 0 aromatic heterocycles. The number of rotatable bonds is 9. The monoisotopic (exact) mass is 434 g/mol. The first-order chi connectivity index (χ1) is 10.7. The highest BCUT2D eigenvalue weighted by Gasteiger charge is 2.01. The minimum absolute atomic E-state index is 0. The van der Waals surface area contributed by atoms with Gasteiger partial charge in [0.25, 0.3) is 0 Å². The van der Waals surface area contributed by atoms with E-state index in [1.165, 1.54) is 11.1 Å². The van der Waals surface area contributed by atoms with E-state index in [0.29, 0.717) is 0 Å². The standard InChI is InChI=1S/C17H30N4O.HI/c1-15-6-8-16(9-7-15)14-20-17(18-2)19-10-12-21(3)11-5-13-22-4;/h6-9H,5,10-14H2,1-4H3,(H2,18,19,20);1H. The van der Waals surface area contributed by atoms with Crippen molar-refractivity contribution in [1.82, 2.24) is 15.5 Å². The lowest BCUT2D eigenvalue weighted by molar-refractivity contribution is 0.180. The van der Waals surface area contributed by atoms with Gasteiger partial charge in [0, 0.05) is 46.9 Å². The molecule has 132 valence electrons. The highest BCUT2D eigenvalue weighted by atomic mass is 127. The molecule has 0 unspecified atom stereocenters. The maximum Gasteiger partial charge on any atom is 0.191 e. The Bertz CT molecular complexity index is 437. The molecule has 23 heavy (non-hydrogen) atoms. The van der Waals surface area contributed by atoms with Gasteiger partial charge < -0.3 is 20.3 Å². The molecule has 0 atom stereocenters. The predicted octanol–water partition coefficient (Wildman–Crippen LogP) is 2.25. The first-order valence-electron chi connectivity index (χ1n) is 7.83. The molecule has 0 aliphatic rings. The number of nitrogens with zero attached hydrogens (tertiary/aromatic N) is 2. The van der Waals surface area contributed by atoms with Crippen molar-refractivity contribution in [3.63, 3.8) is 0 Å². The third kappa shape index (κ3) is 10.5. The van der Waals surface area contributed by atoms with Crippen molar-refractivity contribution in [2.75, 3.05) is 47.4 Å². The van der Waals surface area contributed by atoms with Crippen molar-refractivity contribution in [2.45, 2.75) is 19.9 Å². The Labute approximate surface area is 157 Å². The van der Waals surface area contributed by atoms with Crippen LogP contribution < -0.4 is 10.6 Å². The van der Waals surface area contributed by atoms with Crippen molar-refractivity contribution < 1.29 is 4.74 Å². The van der Waals surface area contributed by atoms with E-state index in [0.717, 1.165) is 45.2 Å². The fourth-order valence-electron chi connectivity index (χ4n) is 2.07. The maximum atomic E-state index is 5.06. The molecule has 0 aliphatic heterocycles. The molecule has 0 heterocycles. The average Bonchev–Trinajstić information content (AvgIpc) is 2.52. The Morgan fingerprint density at radius 3 is 2.48 bits per heavy atom.